The van der Waals surface area contributed by atoms with E-state index in [4.69, 9.17) is 9.15 Å². The highest BCUT2D eigenvalue weighted by molar-refractivity contribution is 5.16. The van der Waals surface area contributed by atoms with E-state index in [2.05, 4.69) is 20.8 Å². The largest absolute Gasteiger partial charge is 0.472 e. The van der Waals surface area contributed by atoms with Crippen molar-refractivity contribution in [2.45, 2.75) is 71.0 Å². The fourth-order valence-corrected chi connectivity index (χ4v) is 6.21. The Morgan fingerprint density at radius 1 is 1.26 bits per heavy atom. The predicted octanol–water partition coefficient (Wildman–Crippen LogP) is 4.71. The molecule has 1 N–H and O–H groups in total. The zero-order valence-electron chi connectivity index (χ0n) is 14.7. The molecule has 4 rings (SSSR count). The Kier molecular flexibility index (Phi) is 3.48. The number of epoxide rings is 1. The molecule has 5 atom stereocenters. The molecule has 1 saturated heterocycles. The Hall–Kier alpha value is -0.800. The lowest BCUT2D eigenvalue weighted by Crippen LogP contribution is -2.54. The number of ether oxygens (including phenoxy) is 1. The number of furan rings is 1. The third kappa shape index (κ3) is 2.39. The number of hydrogen-bond donors (Lipinski definition) is 1. The summed E-state index contributed by atoms with van der Waals surface area (Å²) in [5.74, 6) is 1.18. The minimum atomic E-state index is -0.444. The molecule has 23 heavy (non-hydrogen) atoms. The van der Waals surface area contributed by atoms with Crippen LogP contribution in [0.2, 0.25) is 0 Å². The number of fused-ring (bicyclic) bond motifs is 1. The van der Waals surface area contributed by atoms with E-state index in [0.29, 0.717) is 11.3 Å². The van der Waals surface area contributed by atoms with Crippen LogP contribution in [-0.2, 0) is 4.74 Å². The van der Waals surface area contributed by atoms with Gasteiger partial charge in [0.05, 0.1) is 30.8 Å². The second-order valence-electron chi connectivity index (χ2n) is 9.15. The van der Waals surface area contributed by atoms with Crippen LogP contribution in [0.3, 0.4) is 0 Å². The maximum atomic E-state index is 10.7. The second kappa shape index (κ2) is 5.10. The molecule has 1 spiro atoms. The van der Waals surface area contributed by atoms with Crippen LogP contribution in [0.25, 0.3) is 0 Å². The van der Waals surface area contributed by atoms with Gasteiger partial charge in [-0.2, -0.15) is 0 Å². The number of aliphatic hydroxyl groups is 1. The van der Waals surface area contributed by atoms with Crippen LogP contribution in [0.1, 0.15) is 71.0 Å². The van der Waals surface area contributed by atoms with E-state index in [0.717, 1.165) is 24.5 Å². The summed E-state index contributed by atoms with van der Waals surface area (Å²) in [7, 11) is 0. The van der Waals surface area contributed by atoms with Crippen LogP contribution in [0, 0.1) is 22.7 Å². The molecule has 3 fully saturated rings. The van der Waals surface area contributed by atoms with Crippen molar-refractivity contribution in [3.63, 3.8) is 0 Å². The van der Waals surface area contributed by atoms with E-state index < -0.39 is 6.10 Å². The molecular weight excluding hydrogens is 288 g/mol. The molecule has 0 bridgehead atoms. The van der Waals surface area contributed by atoms with Gasteiger partial charge in [0.1, 0.15) is 0 Å². The first-order valence-electron chi connectivity index (χ1n) is 9.22. The van der Waals surface area contributed by atoms with Crippen molar-refractivity contribution in [1.82, 2.24) is 0 Å². The normalized spacial score (nSPS) is 43.1. The average Bonchev–Trinajstić information content (AvgIpc) is 3.03. The molecule has 2 heterocycles. The minimum Gasteiger partial charge on any atom is -0.472 e. The molecular formula is C20H30O3. The number of rotatable bonds is 3. The Morgan fingerprint density at radius 2 is 2.04 bits per heavy atom. The van der Waals surface area contributed by atoms with Crippen LogP contribution in [-0.4, -0.2) is 17.3 Å². The lowest BCUT2D eigenvalue weighted by molar-refractivity contribution is -0.117. The van der Waals surface area contributed by atoms with Gasteiger partial charge in [-0.3, -0.25) is 0 Å². The SMILES string of the molecule is CC1(C)CCC[C@@]2(C)[C@H]1CC[C@]1(CO1)[C@@H]2C[C@H](O)c1ccoc1. The van der Waals surface area contributed by atoms with E-state index in [1.54, 1.807) is 12.5 Å². The number of aliphatic hydroxyl groups excluding tert-OH is 1. The Balaban J connectivity index is 1.64. The van der Waals surface area contributed by atoms with Crippen LogP contribution >= 0.6 is 0 Å². The fraction of sp³-hybridized carbons (Fsp3) is 0.800. The van der Waals surface area contributed by atoms with Gasteiger partial charge in [0.25, 0.3) is 0 Å². The maximum absolute atomic E-state index is 10.7. The second-order valence-corrected chi connectivity index (χ2v) is 9.15. The smallest absolute Gasteiger partial charge is 0.0960 e. The quantitative estimate of drug-likeness (QED) is 0.821. The third-order valence-corrected chi connectivity index (χ3v) is 7.47. The lowest BCUT2D eigenvalue weighted by Gasteiger charge is -2.59. The summed E-state index contributed by atoms with van der Waals surface area (Å²) in [5, 5.41) is 10.7. The molecule has 0 amide bonds. The van der Waals surface area contributed by atoms with Crippen molar-refractivity contribution < 1.29 is 14.3 Å². The lowest BCUT2D eigenvalue weighted by atomic mass is 9.45. The highest BCUT2D eigenvalue weighted by atomic mass is 16.6. The molecule has 2 saturated carbocycles. The Labute approximate surface area is 139 Å². The number of hydrogen-bond acceptors (Lipinski definition) is 3. The van der Waals surface area contributed by atoms with Crippen molar-refractivity contribution in [2.75, 3.05) is 6.61 Å². The van der Waals surface area contributed by atoms with Crippen molar-refractivity contribution in [3.8, 4) is 0 Å². The minimum absolute atomic E-state index is 0.0450. The highest BCUT2D eigenvalue weighted by Gasteiger charge is 2.65. The molecule has 3 heteroatoms. The van der Waals surface area contributed by atoms with Crippen molar-refractivity contribution in [2.24, 2.45) is 22.7 Å². The monoisotopic (exact) mass is 318 g/mol. The van der Waals surface area contributed by atoms with Crippen LogP contribution in [0.15, 0.2) is 23.0 Å². The molecule has 3 aliphatic rings. The topological polar surface area (TPSA) is 45.9 Å². The Morgan fingerprint density at radius 3 is 2.70 bits per heavy atom. The van der Waals surface area contributed by atoms with Gasteiger partial charge in [-0.15, -0.1) is 0 Å². The molecule has 0 radical (unpaired) electrons. The molecule has 1 aromatic heterocycles. The summed E-state index contributed by atoms with van der Waals surface area (Å²) in [5.41, 5.74) is 1.63. The highest BCUT2D eigenvalue weighted by Crippen LogP contribution is 2.66. The van der Waals surface area contributed by atoms with E-state index in [9.17, 15) is 5.11 Å². The molecule has 1 aromatic rings. The first-order valence-corrected chi connectivity index (χ1v) is 9.22. The van der Waals surface area contributed by atoms with Gasteiger partial charge >= 0.3 is 0 Å². The molecule has 128 valence electrons. The van der Waals surface area contributed by atoms with Gasteiger partial charge < -0.3 is 14.3 Å². The predicted molar refractivity (Wildman–Crippen MR) is 88.9 cm³/mol. The van der Waals surface area contributed by atoms with Crippen LogP contribution in [0.5, 0.6) is 0 Å². The van der Waals surface area contributed by atoms with E-state index in [1.807, 2.05) is 6.07 Å². The van der Waals surface area contributed by atoms with Crippen LogP contribution in [0.4, 0.5) is 0 Å². The summed E-state index contributed by atoms with van der Waals surface area (Å²) >= 11 is 0. The molecule has 0 aromatic carbocycles. The third-order valence-electron chi connectivity index (χ3n) is 7.47. The summed E-state index contributed by atoms with van der Waals surface area (Å²) in [6, 6.07) is 1.89. The van der Waals surface area contributed by atoms with Gasteiger partial charge in [-0.1, -0.05) is 27.2 Å². The maximum Gasteiger partial charge on any atom is 0.0960 e. The summed E-state index contributed by atoms with van der Waals surface area (Å²) in [6.45, 7) is 8.27. The Bertz CT molecular complexity index is 557. The zero-order valence-corrected chi connectivity index (χ0v) is 14.7. The first-order chi connectivity index (χ1) is 10.9. The van der Waals surface area contributed by atoms with Gasteiger partial charge in [0.15, 0.2) is 0 Å². The van der Waals surface area contributed by atoms with Crippen LogP contribution < -0.4 is 0 Å². The fourth-order valence-electron chi connectivity index (χ4n) is 6.21. The molecule has 1 aliphatic heterocycles. The summed E-state index contributed by atoms with van der Waals surface area (Å²) in [6.07, 6.45) is 10.0. The standard InChI is InChI=1S/C20H30O3/c1-18(2)7-4-8-19(3)16(18)5-9-20(13-23-20)17(19)11-15(21)14-6-10-22-12-14/h6,10,12,15-17,21H,4-5,7-9,11,13H2,1-3H3/t15-,16-,17+,19-,20-/m0/s1. The van der Waals surface area contributed by atoms with E-state index >= 15 is 0 Å². The summed E-state index contributed by atoms with van der Waals surface area (Å²) in [4.78, 5) is 0. The molecule has 0 unspecified atom stereocenters. The van der Waals surface area contributed by atoms with Gasteiger partial charge in [-0.25, -0.2) is 0 Å². The van der Waals surface area contributed by atoms with Crippen molar-refractivity contribution in [1.29, 1.82) is 0 Å². The average molecular weight is 318 g/mol. The zero-order chi connectivity index (χ0) is 16.3. The van der Waals surface area contributed by atoms with Gasteiger partial charge in [0.2, 0.25) is 0 Å². The molecule has 3 nitrogen and oxygen atoms in total. The first kappa shape index (κ1) is 15.7. The van der Waals surface area contributed by atoms with Crippen molar-refractivity contribution >= 4 is 0 Å². The van der Waals surface area contributed by atoms with Gasteiger partial charge in [-0.05, 0) is 60.8 Å². The summed E-state index contributed by atoms with van der Waals surface area (Å²) < 4.78 is 11.2. The van der Waals surface area contributed by atoms with Gasteiger partial charge in [0, 0.05) is 5.56 Å². The van der Waals surface area contributed by atoms with E-state index in [-0.39, 0.29) is 11.0 Å². The van der Waals surface area contributed by atoms with E-state index in [1.165, 1.54) is 32.1 Å². The molecule has 2 aliphatic carbocycles. The van der Waals surface area contributed by atoms with Crippen molar-refractivity contribution in [3.05, 3.63) is 24.2 Å².